The Balaban J connectivity index is 2.45. The molecule has 1 nitrogen and oxygen atoms in total. The third-order valence-electron chi connectivity index (χ3n) is 3.54. The Morgan fingerprint density at radius 2 is 2.07 bits per heavy atom. The van der Waals surface area contributed by atoms with E-state index in [9.17, 15) is 0 Å². The molecule has 0 heterocycles. The van der Waals surface area contributed by atoms with Gasteiger partial charge in [0, 0.05) is 6.61 Å². The number of aliphatic hydroxyl groups excluding tert-OH is 1. The van der Waals surface area contributed by atoms with Crippen LogP contribution in [0.25, 0.3) is 0 Å². The predicted octanol–water partition coefficient (Wildman–Crippen LogP) is 3.16. The minimum atomic E-state index is 0.260. The molecule has 0 aromatic heterocycles. The molecule has 0 aliphatic heterocycles. The van der Waals surface area contributed by atoms with E-state index in [-0.39, 0.29) is 6.61 Å². The summed E-state index contributed by atoms with van der Waals surface area (Å²) >= 11 is 0. The van der Waals surface area contributed by atoms with Crippen molar-refractivity contribution in [2.24, 2.45) is 23.7 Å². The van der Waals surface area contributed by atoms with Crippen LogP contribution in [0.1, 0.15) is 46.5 Å². The van der Waals surface area contributed by atoms with Gasteiger partial charge in [-0.2, -0.15) is 0 Å². The second kappa shape index (κ2) is 5.75. The molecule has 0 amide bonds. The van der Waals surface area contributed by atoms with Crippen molar-refractivity contribution < 1.29 is 5.11 Å². The van der Waals surface area contributed by atoms with Crippen molar-refractivity contribution >= 4 is 0 Å². The largest absolute Gasteiger partial charge is 0.396 e. The van der Waals surface area contributed by atoms with Gasteiger partial charge in [0.15, 0.2) is 0 Å². The Morgan fingerprint density at radius 1 is 1.36 bits per heavy atom. The van der Waals surface area contributed by atoms with Gasteiger partial charge in [0.05, 0.1) is 0 Å². The van der Waals surface area contributed by atoms with Crippen LogP contribution in [0.15, 0.2) is 0 Å². The van der Waals surface area contributed by atoms with E-state index in [1.54, 1.807) is 0 Å². The van der Waals surface area contributed by atoms with E-state index >= 15 is 0 Å². The molecule has 0 spiro atoms. The van der Waals surface area contributed by atoms with E-state index in [0.717, 1.165) is 24.2 Å². The van der Waals surface area contributed by atoms with Gasteiger partial charge < -0.3 is 5.11 Å². The molecule has 1 heteroatoms. The summed E-state index contributed by atoms with van der Waals surface area (Å²) in [6.45, 7) is 7.22. The van der Waals surface area contributed by atoms with Gasteiger partial charge in [-0.3, -0.25) is 0 Å². The average molecular weight is 196 g/mol. The lowest BCUT2D eigenvalue weighted by atomic mass is 9.69. The van der Waals surface area contributed by atoms with Gasteiger partial charge in [-0.15, -0.1) is 0 Å². The van der Waals surface area contributed by atoms with E-state index in [0.29, 0.717) is 5.92 Å². The molecule has 2 radical (unpaired) electrons. The molecule has 3 atom stereocenters. The van der Waals surface area contributed by atoms with Crippen molar-refractivity contribution in [3.05, 3.63) is 6.42 Å². The highest BCUT2D eigenvalue weighted by molar-refractivity contribution is 4.88. The van der Waals surface area contributed by atoms with Gasteiger partial charge >= 0.3 is 0 Å². The summed E-state index contributed by atoms with van der Waals surface area (Å²) in [6, 6.07) is 0. The molecule has 0 aromatic carbocycles. The maximum Gasteiger partial charge on any atom is 0.0436 e. The summed E-state index contributed by atoms with van der Waals surface area (Å²) in [6.07, 6.45) is 8.24. The summed E-state index contributed by atoms with van der Waals surface area (Å²) in [7, 11) is 0. The third-order valence-corrected chi connectivity index (χ3v) is 3.54. The van der Waals surface area contributed by atoms with E-state index in [2.05, 4.69) is 27.2 Å². The van der Waals surface area contributed by atoms with Crippen LogP contribution in [-0.2, 0) is 0 Å². The summed E-state index contributed by atoms with van der Waals surface area (Å²) in [5.74, 6) is 3.04. The second-order valence-electron chi connectivity index (χ2n) is 5.11. The molecule has 0 aromatic rings. The highest BCUT2D eigenvalue weighted by atomic mass is 16.2. The Bertz CT molecular complexity index is 153. The Labute approximate surface area is 88.9 Å². The first-order valence-corrected chi connectivity index (χ1v) is 5.99. The number of rotatable bonds is 4. The van der Waals surface area contributed by atoms with Gasteiger partial charge in [0.25, 0.3) is 0 Å². The van der Waals surface area contributed by atoms with E-state index < -0.39 is 0 Å². The normalized spacial score (nSPS) is 33.6. The molecule has 1 N–H and O–H groups in total. The fraction of sp³-hybridized carbons (Fsp3) is 0.923. The first-order chi connectivity index (χ1) is 6.65. The zero-order chi connectivity index (χ0) is 10.6. The molecule has 1 rings (SSSR count). The maximum absolute atomic E-state index is 8.83. The van der Waals surface area contributed by atoms with Gasteiger partial charge in [-0.1, -0.05) is 27.2 Å². The molecule has 3 unspecified atom stereocenters. The standard InChI is InChI=1S/C13H24O/c1-10(2)13-7-6-11(3)9-12(13)5-4-8-14/h10-14H,4,6-9H2,1-3H3. The van der Waals surface area contributed by atoms with Crippen molar-refractivity contribution in [2.75, 3.05) is 6.61 Å². The van der Waals surface area contributed by atoms with E-state index in [4.69, 9.17) is 5.11 Å². The van der Waals surface area contributed by atoms with Crippen LogP contribution in [-0.4, -0.2) is 11.7 Å². The number of hydrogen-bond donors (Lipinski definition) is 1. The lowest BCUT2D eigenvalue weighted by Crippen LogP contribution is -2.28. The van der Waals surface area contributed by atoms with Crippen molar-refractivity contribution in [1.29, 1.82) is 0 Å². The molecular formula is C13H24O. The zero-order valence-corrected chi connectivity index (χ0v) is 9.79. The van der Waals surface area contributed by atoms with Crippen LogP contribution in [0.5, 0.6) is 0 Å². The van der Waals surface area contributed by atoms with Crippen molar-refractivity contribution in [1.82, 2.24) is 0 Å². The zero-order valence-electron chi connectivity index (χ0n) is 9.79. The third kappa shape index (κ3) is 3.27. The predicted molar refractivity (Wildman–Crippen MR) is 59.8 cm³/mol. The van der Waals surface area contributed by atoms with Gasteiger partial charge in [-0.25, -0.2) is 0 Å². The van der Waals surface area contributed by atoms with Crippen LogP contribution in [0.3, 0.4) is 0 Å². The second-order valence-corrected chi connectivity index (χ2v) is 5.11. The van der Waals surface area contributed by atoms with Crippen LogP contribution in [0.4, 0.5) is 0 Å². The van der Waals surface area contributed by atoms with E-state index in [1.807, 2.05) is 0 Å². The van der Waals surface area contributed by atoms with Crippen molar-refractivity contribution in [3.8, 4) is 0 Å². The smallest absolute Gasteiger partial charge is 0.0436 e. The van der Waals surface area contributed by atoms with E-state index in [1.165, 1.54) is 19.3 Å². The van der Waals surface area contributed by atoms with Crippen LogP contribution in [0.2, 0.25) is 0 Å². The lowest BCUT2D eigenvalue weighted by molar-refractivity contribution is 0.159. The molecular weight excluding hydrogens is 172 g/mol. The summed E-state index contributed by atoms with van der Waals surface area (Å²) in [5.41, 5.74) is 0. The summed E-state index contributed by atoms with van der Waals surface area (Å²) in [4.78, 5) is 0. The van der Waals surface area contributed by atoms with Crippen LogP contribution in [0, 0.1) is 30.1 Å². The first-order valence-electron chi connectivity index (χ1n) is 5.99. The molecule has 0 bridgehead atoms. The van der Waals surface area contributed by atoms with Gasteiger partial charge in [0.2, 0.25) is 0 Å². The first kappa shape index (κ1) is 12.0. The Kier molecular flexibility index (Phi) is 4.94. The molecule has 0 saturated heterocycles. The van der Waals surface area contributed by atoms with Crippen LogP contribution < -0.4 is 0 Å². The van der Waals surface area contributed by atoms with Gasteiger partial charge in [-0.05, 0) is 49.4 Å². The molecule has 14 heavy (non-hydrogen) atoms. The fourth-order valence-electron chi connectivity index (χ4n) is 2.69. The number of hydrogen-bond acceptors (Lipinski definition) is 1. The summed E-state index contributed by atoms with van der Waals surface area (Å²) in [5, 5.41) is 8.83. The maximum atomic E-state index is 8.83. The lowest BCUT2D eigenvalue weighted by Gasteiger charge is -2.37. The highest BCUT2D eigenvalue weighted by Crippen LogP contribution is 2.39. The SMILES string of the molecule is CC1CCC(C(C)C)C([C]CCO)C1. The molecule has 1 aliphatic rings. The summed E-state index contributed by atoms with van der Waals surface area (Å²) < 4.78 is 0. The molecule has 1 saturated carbocycles. The van der Waals surface area contributed by atoms with Crippen LogP contribution >= 0.6 is 0 Å². The average Bonchev–Trinajstić information content (AvgIpc) is 2.14. The van der Waals surface area contributed by atoms with Crippen molar-refractivity contribution in [3.63, 3.8) is 0 Å². The highest BCUT2D eigenvalue weighted by Gasteiger charge is 2.30. The minimum Gasteiger partial charge on any atom is -0.396 e. The molecule has 82 valence electrons. The monoisotopic (exact) mass is 196 g/mol. The number of aliphatic hydroxyl groups is 1. The molecule has 1 aliphatic carbocycles. The minimum absolute atomic E-state index is 0.260. The van der Waals surface area contributed by atoms with Crippen molar-refractivity contribution in [2.45, 2.75) is 46.5 Å². The fourth-order valence-corrected chi connectivity index (χ4v) is 2.69. The topological polar surface area (TPSA) is 20.2 Å². The Hall–Kier alpha value is -0.0400. The molecule has 1 fully saturated rings. The Morgan fingerprint density at radius 3 is 2.64 bits per heavy atom. The quantitative estimate of drug-likeness (QED) is 0.732. The van der Waals surface area contributed by atoms with Gasteiger partial charge in [0.1, 0.15) is 0 Å².